The lowest BCUT2D eigenvalue weighted by Crippen LogP contribution is -2.18. The van der Waals surface area contributed by atoms with E-state index in [0.717, 1.165) is 0 Å². The second-order valence-electron chi connectivity index (χ2n) is 3.59. The van der Waals surface area contributed by atoms with Crippen LogP contribution in [-0.4, -0.2) is 18.7 Å². The summed E-state index contributed by atoms with van der Waals surface area (Å²) in [6.45, 7) is 2.18. The van der Waals surface area contributed by atoms with Gasteiger partial charge in [0.1, 0.15) is 0 Å². The Kier molecular flexibility index (Phi) is 4.99. The van der Waals surface area contributed by atoms with Crippen molar-refractivity contribution in [1.82, 2.24) is 0 Å². The zero-order valence-corrected chi connectivity index (χ0v) is 10.1. The zero-order chi connectivity index (χ0) is 12.9. The second-order valence-corrected chi connectivity index (χ2v) is 3.96. The van der Waals surface area contributed by atoms with Crippen LogP contribution in [0.4, 0.5) is 13.2 Å². The molecule has 1 aromatic carbocycles. The average molecular weight is 266 g/mol. The SMILES string of the molecule is CC(CS)COc1ccccc1OC(F)(F)F. The van der Waals surface area contributed by atoms with Crippen molar-refractivity contribution in [2.45, 2.75) is 13.3 Å². The minimum absolute atomic E-state index is 0.0819. The fraction of sp³-hybridized carbons (Fsp3) is 0.455. The van der Waals surface area contributed by atoms with Gasteiger partial charge in [-0.05, 0) is 23.8 Å². The molecule has 0 saturated heterocycles. The van der Waals surface area contributed by atoms with E-state index in [0.29, 0.717) is 12.4 Å². The van der Waals surface area contributed by atoms with Crippen molar-refractivity contribution in [2.75, 3.05) is 12.4 Å². The smallest absolute Gasteiger partial charge is 0.489 e. The van der Waals surface area contributed by atoms with Crippen LogP contribution in [0.25, 0.3) is 0 Å². The van der Waals surface area contributed by atoms with E-state index < -0.39 is 6.36 Å². The normalized spacial score (nSPS) is 13.2. The molecule has 96 valence electrons. The molecule has 0 fully saturated rings. The highest BCUT2D eigenvalue weighted by Crippen LogP contribution is 2.31. The third-order valence-corrected chi connectivity index (χ3v) is 2.53. The molecule has 0 spiro atoms. The Hall–Kier alpha value is -1.04. The first kappa shape index (κ1) is 14.0. The topological polar surface area (TPSA) is 18.5 Å². The average Bonchev–Trinajstić information content (AvgIpc) is 2.25. The number of alkyl halides is 3. The molecule has 1 rings (SSSR count). The quantitative estimate of drug-likeness (QED) is 0.822. The largest absolute Gasteiger partial charge is 0.573 e. The van der Waals surface area contributed by atoms with Gasteiger partial charge in [-0.15, -0.1) is 13.2 Å². The van der Waals surface area contributed by atoms with Gasteiger partial charge in [-0.1, -0.05) is 19.1 Å². The van der Waals surface area contributed by atoms with Gasteiger partial charge in [0, 0.05) is 0 Å². The predicted octanol–water partition coefficient (Wildman–Crippen LogP) is 3.53. The highest BCUT2D eigenvalue weighted by Gasteiger charge is 2.32. The van der Waals surface area contributed by atoms with Crippen LogP contribution in [0, 0.1) is 5.92 Å². The number of ether oxygens (including phenoxy) is 2. The van der Waals surface area contributed by atoms with Crippen LogP contribution in [0.5, 0.6) is 11.5 Å². The lowest BCUT2D eigenvalue weighted by Gasteiger charge is -2.15. The zero-order valence-electron chi connectivity index (χ0n) is 9.20. The molecule has 2 nitrogen and oxygen atoms in total. The van der Waals surface area contributed by atoms with Gasteiger partial charge in [0.15, 0.2) is 11.5 Å². The standard InChI is InChI=1S/C11H13F3O2S/c1-8(7-17)6-15-9-4-2-3-5-10(9)16-11(12,13)14/h2-5,8,17H,6-7H2,1H3. The van der Waals surface area contributed by atoms with Gasteiger partial charge in [0.25, 0.3) is 0 Å². The van der Waals surface area contributed by atoms with Crippen molar-refractivity contribution in [1.29, 1.82) is 0 Å². The molecule has 17 heavy (non-hydrogen) atoms. The lowest BCUT2D eigenvalue weighted by molar-refractivity contribution is -0.275. The maximum absolute atomic E-state index is 12.1. The van der Waals surface area contributed by atoms with Gasteiger partial charge in [-0.3, -0.25) is 0 Å². The fourth-order valence-corrected chi connectivity index (χ4v) is 1.17. The van der Waals surface area contributed by atoms with Gasteiger partial charge in [0.2, 0.25) is 0 Å². The first-order valence-corrected chi connectivity index (χ1v) is 5.64. The number of benzene rings is 1. The highest BCUT2D eigenvalue weighted by molar-refractivity contribution is 7.80. The molecule has 1 atom stereocenters. The number of hydrogen-bond donors (Lipinski definition) is 1. The van der Waals surface area contributed by atoms with E-state index in [1.165, 1.54) is 18.2 Å². The Morgan fingerprint density at radius 3 is 2.35 bits per heavy atom. The van der Waals surface area contributed by atoms with Gasteiger partial charge >= 0.3 is 6.36 Å². The van der Waals surface area contributed by atoms with E-state index in [-0.39, 0.29) is 17.4 Å². The van der Waals surface area contributed by atoms with Gasteiger partial charge < -0.3 is 9.47 Å². The summed E-state index contributed by atoms with van der Waals surface area (Å²) in [6, 6.07) is 5.69. The first-order valence-electron chi connectivity index (χ1n) is 5.01. The molecule has 0 amide bonds. The number of thiol groups is 1. The fourth-order valence-electron chi connectivity index (χ4n) is 1.06. The molecule has 6 heteroatoms. The third kappa shape index (κ3) is 5.21. The molecule has 0 aliphatic carbocycles. The molecule has 1 aromatic rings. The first-order chi connectivity index (χ1) is 7.92. The van der Waals surface area contributed by atoms with Crippen LogP contribution < -0.4 is 9.47 Å². The molecular weight excluding hydrogens is 253 g/mol. The van der Waals surface area contributed by atoms with Crippen molar-refractivity contribution in [3.8, 4) is 11.5 Å². The van der Waals surface area contributed by atoms with E-state index in [1.807, 2.05) is 6.92 Å². The molecular formula is C11H13F3O2S. The van der Waals surface area contributed by atoms with Crippen LogP contribution in [0.2, 0.25) is 0 Å². The molecule has 0 aliphatic rings. The van der Waals surface area contributed by atoms with Gasteiger partial charge in [-0.25, -0.2) is 0 Å². The number of hydrogen-bond acceptors (Lipinski definition) is 3. The molecule has 0 heterocycles. The summed E-state index contributed by atoms with van der Waals surface area (Å²) in [7, 11) is 0. The molecule has 0 aliphatic heterocycles. The lowest BCUT2D eigenvalue weighted by atomic mass is 10.2. The van der Waals surface area contributed by atoms with E-state index in [1.54, 1.807) is 6.07 Å². The molecule has 0 bridgehead atoms. The summed E-state index contributed by atoms with van der Waals surface area (Å²) < 4.78 is 45.4. The van der Waals surface area contributed by atoms with Crippen LogP contribution >= 0.6 is 12.6 Å². The summed E-state index contributed by atoms with van der Waals surface area (Å²) in [5, 5.41) is 0. The van der Waals surface area contributed by atoms with Crippen molar-refractivity contribution < 1.29 is 22.6 Å². The Bertz CT molecular complexity index is 355. The van der Waals surface area contributed by atoms with E-state index in [9.17, 15) is 13.2 Å². The maximum atomic E-state index is 12.1. The van der Waals surface area contributed by atoms with Gasteiger partial charge in [-0.2, -0.15) is 12.6 Å². The number of rotatable bonds is 5. The van der Waals surface area contributed by atoms with Crippen molar-refractivity contribution >= 4 is 12.6 Å². The monoisotopic (exact) mass is 266 g/mol. The Morgan fingerprint density at radius 1 is 1.24 bits per heavy atom. The van der Waals surface area contributed by atoms with Crippen LogP contribution in [0.15, 0.2) is 24.3 Å². The van der Waals surface area contributed by atoms with Crippen LogP contribution in [-0.2, 0) is 0 Å². The van der Waals surface area contributed by atoms with Crippen molar-refractivity contribution in [2.24, 2.45) is 5.92 Å². The van der Waals surface area contributed by atoms with Crippen LogP contribution in [0.3, 0.4) is 0 Å². The highest BCUT2D eigenvalue weighted by atomic mass is 32.1. The number of para-hydroxylation sites is 2. The minimum atomic E-state index is -4.71. The maximum Gasteiger partial charge on any atom is 0.573 e. The van der Waals surface area contributed by atoms with E-state index in [4.69, 9.17) is 4.74 Å². The minimum Gasteiger partial charge on any atom is -0.489 e. The van der Waals surface area contributed by atoms with Crippen LogP contribution in [0.1, 0.15) is 6.92 Å². The third-order valence-electron chi connectivity index (χ3n) is 1.91. The second kappa shape index (κ2) is 6.05. The summed E-state index contributed by atoms with van der Waals surface area (Å²) >= 11 is 4.07. The Labute approximate surface area is 103 Å². The molecule has 0 aromatic heterocycles. The molecule has 0 saturated carbocycles. The summed E-state index contributed by atoms with van der Waals surface area (Å²) in [6.07, 6.45) is -4.71. The summed E-state index contributed by atoms with van der Waals surface area (Å²) in [5.41, 5.74) is 0. The van der Waals surface area contributed by atoms with Gasteiger partial charge in [0.05, 0.1) is 6.61 Å². The van der Waals surface area contributed by atoms with Crippen molar-refractivity contribution in [3.05, 3.63) is 24.3 Å². The molecule has 0 N–H and O–H groups in total. The van der Waals surface area contributed by atoms with Crippen molar-refractivity contribution in [3.63, 3.8) is 0 Å². The van der Waals surface area contributed by atoms with E-state index >= 15 is 0 Å². The Balaban J connectivity index is 2.71. The predicted molar refractivity (Wildman–Crippen MR) is 61.6 cm³/mol. The summed E-state index contributed by atoms with van der Waals surface area (Å²) in [4.78, 5) is 0. The van der Waals surface area contributed by atoms with E-state index in [2.05, 4.69) is 17.4 Å². The number of halogens is 3. The summed E-state index contributed by atoms with van der Waals surface area (Å²) in [5.74, 6) is 0.504. The molecule has 0 radical (unpaired) electrons. The molecule has 1 unspecified atom stereocenters. The Morgan fingerprint density at radius 2 is 1.82 bits per heavy atom.